The van der Waals surface area contributed by atoms with Crippen LogP contribution in [0.15, 0.2) is 109 Å². The molecule has 0 saturated carbocycles. The van der Waals surface area contributed by atoms with E-state index >= 15 is 0 Å². The molecule has 0 atom stereocenters. The van der Waals surface area contributed by atoms with Gasteiger partial charge in [-0.15, -0.1) is 0 Å². The van der Waals surface area contributed by atoms with Crippen molar-refractivity contribution in [1.82, 2.24) is 0 Å². The van der Waals surface area contributed by atoms with Crippen molar-refractivity contribution in [3.05, 3.63) is 137 Å². The smallest absolute Gasteiger partial charge is 0.153 e. The molecule has 0 aliphatic rings. The third kappa shape index (κ3) is 3.87. The minimum Gasteiger partial charge on any atom is -0.507 e. The molecule has 4 aromatic carbocycles. The van der Waals surface area contributed by atoms with Crippen LogP contribution in [-0.4, -0.2) is 11.4 Å². The van der Waals surface area contributed by atoms with E-state index in [1.807, 2.05) is 60.7 Å². The zero-order valence-corrected chi connectivity index (χ0v) is 15.8. The molecule has 0 radical (unpaired) electrons. The number of carbonyl (C=O) groups is 1. The Morgan fingerprint density at radius 2 is 0.966 bits per heavy atom. The first-order valence-electron chi connectivity index (χ1n) is 9.47. The molecule has 0 heterocycles. The molecule has 0 saturated heterocycles. The molecular weight excluding hydrogens is 356 g/mol. The van der Waals surface area contributed by atoms with Gasteiger partial charge in [0, 0.05) is 0 Å². The van der Waals surface area contributed by atoms with Crippen molar-refractivity contribution >= 4 is 17.4 Å². The Bertz CT molecular complexity index is 1100. The van der Waals surface area contributed by atoms with Crippen LogP contribution >= 0.6 is 0 Å². The van der Waals surface area contributed by atoms with Crippen molar-refractivity contribution in [3.63, 3.8) is 0 Å². The summed E-state index contributed by atoms with van der Waals surface area (Å²) in [6, 6.07) is 35.8. The minimum absolute atomic E-state index is 0.0165. The van der Waals surface area contributed by atoms with Gasteiger partial charge < -0.3 is 5.11 Å². The average molecular weight is 376 g/mol. The van der Waals surface area contributed by atoms with Crippen molar-refractivity contribution in [2.24, 2.45) is 0 Å². The Kier molecular flexibility index (Phi) is 5.35. The van der Waals surface area contributed by atoms with Crippen LogP contribution in [0, 0.1) is 0 Å². The lowest BCUT2D eigenvalue weighted by atomic mass is 9.85. The Hall–Kier alpha value is -3.91. The molecule has 29 heavy (non-hydrogen) atoms. The predicted molar refractivity (Wildman–Crippen MR) is 118 cm³/mol. The molecule has 0 aliphatic heterocycles. The van der Waals surface area contributed by atoms with E-state index in [9.17, 15) is 9.90 Å². The van der Waals surface area contributed by atoms with Gasteiger partial charge in [0.05, 0.1) is 5.56 Å². The van der Waals surface area contributed by atoms with Crippen LogP contribution in [0.3, 0.4) is 0 Å². The highest BCUT2D eigenvalue weighted by Crippen LogP contribution is 2.37. The summed E-state index contributed by atoms with van der Waals surface area (Å²) in [4.78, 5) is 11.5. The van der Waals surface area contributed by atoms with E-state index in [-0.39, 0.29) is 11.3 Å². The molecule has 1 N–H and O–H groups in total. The maximum atomic E-state index is 11.5. The summed E-state index contributed by atoms with van der Waals surface area (Å²) in [7, 11) is 0. The molecule has 2 nitrogen and oxygen atoms in total. The van der Waals surface area contributed by atoms with Crippen LogP contribution in [0.2, 0.25) is 0 Å². The van der Waals surface area contributed by atoms with Gasteiger partial charge in [-0.2, -0.15) is 0 Å². The Labute approximate surface area is 170 Å². The van der Waals surface area contributed by atoms with E-state index in [0.29, 0.717) is 6.29 Å². The fourth-order valence-corrected chi connectivity index (χ4v) is 3.53. The van der Waals surface area contributed by atoms with Crippen molar-refractivity contribution in [2.45, 2.75) is 0 Å². The first kappa shape index (κ1) is 18.5. The van der Waals surface area contributed by atoms with Crippen molar-refractivity contribution in [1.29, 1.82) is 0 Å². The highest BCUT2D eigenvalue weighted by molar-refractivity contribution is 6.05. The fourth-order valence-electron chi connectivity index (χ4n) is 3.53. The maximum absolute atomic E-state index is 11.5. The van der Waals surface area contributed by atoms with Crippen LogP contribution in [0.1, 0.15) is 32.6 Å². The zero-order valence-electron chi connectivity index (χ0n) is 15.8. The number of aldehydes is 1. The molecule has 0 aliphatic carbocycles. The summed E-state index contributed by atoms with van der Waals surface area (Å²) >= 11 is 0. The molecular formula is C27H20O2. The molecule has 140 valence electrons. The van der Waals surface area contributed by atoms with Gasteiger partial charge in [0.1, 0.15) is 5.75 Å². The maximum Gasteiger partial charge on any atom is 0.153 e. The van der Waals surface area contributed by atoms with E-state index in [2.05, 4.69) is 36.4 Å². The van der Waals surface area contributed by atoms with Gasteiger partial charge in [-0.05, 0) is 45.5 Å². The normalized spacial score (nSPS) is 10.3. The largest absolute Gasteiger partial charge is 0.507 e. The summed E-state index contributed by atoms with van der Waals surface area (Å²) in [5.41, 5.74) is 6.43. The van der Waals surface area contributed by atoms with Gasteiger partial charge in [0.2, 0.25) is 0 Å². The molecule has 0 aromatic heterocycles. The van der Waals surface area contributed by atoms with Crippen LogP contribution in [0.5, 0.6) is 5.75 Å². The van der Waals surface area contributed by atoms with Gasteiger partial charge in [-0.3, -0.25) is 4.79 Å². The standard InChI is InChI=1S/C27H20O2/c28-19-24-18-23(16-17-25(24)29)27(22-14-8-3-9-15-22)26(20-10-4-1-5-11-20)21-12-6-2-7-13-21/h1-19,29H. The first-order chi connectivity index (χ1) is 14.3. The Morgan fingerprint density at radius 1 is 0.552 bits per heavy atom. The second-order valence-electron chi connectivity index (χ2n) is 6.74. The van der Waals surface area contributed by atoms with Gasteiger partial charge in [-0.1, -0.05) is 97.1 Å². The highest BCUT2D eigenvalue weighted by atomic mass is 16.3. The molecule has 0 unspecified atom stereocenters. The fraction of sp³-hybridized carbons (Fsp3) is 0. The van der Waals surface area contributed by atoms with Crippen LogP contribution in [0.4, 0.5) is 0 Å². The third-order valence-electron chi connectivity index (χ3n) is 4.88. The number of phenolic OH excluding ortho intramolecular Hbond substituents is 1. The van der Waals surface area contributed by atoms with Crippen LogP contribution < -0.4 is 0 Å². The molecule has 2 heteroatoms. The number of carbonyl (C=O) groups excluding carboxylic acids is 1. The lowest BCUT2D eigenvalue weighted by Crippen LogP contribution is -1.98. The quantitative estimate of drug-likeness (QED) is 0.332. The average Bonchev–Trinajstić information content (AvgIpc) is 2.80. The number of phenols is 1. The van der Waals surface area contributed by atoms with Gasteiger partial charge in [0.15, 0.2) is 6.29 Å². The van der Waals surface area contributed by atoms with E-state index in [1.165, 1.54) is 0 Å². The first-order valence-corrected chi connectivity index (χ1v) is 9.47. The molecule has 0 spiro atoms. The molecule has 4 rings (SSSR count). The van der Waals surface area contributed by atoms with Gasteiger partial charge >= 0.3 is 0 Å². The second-order valence-corrected chi connectivity index (χ2v) is 6.74. The summed E-state index contributed by atoms with van der Waals surface area (Å²) in [5, 5.41) is 10.0. The molecule has 4 aromatic rings. The van der Waals surface area contributed by atoms with Crippen molar-refractivity contribution in [2.75, 3.05) is 0 Å². The van der Waals surface area contributed by atoms with Gasteiger partial charge in [0.25, 0.3) is 0 Å². The van der Waals surface area contributed by atoms with E-state index in [4.69, 9.17) is 0 Å². The number of hydrogen-bond acceptors (Lipinski definition) is 2. The van der Waals surface area contributed by atoms with Crippen molar-refractivity contribution in [3.8, 4) is 5.75 Å². The minimum atomic E-state index is -0.0165. The monoisotopic (exact) mass is 376 g/mol. The second kappa shape index (κ2) is 8.41. The Morgan fingerprint density at radius 3 is 1.38 bits per heavy atom. The Balaban J connectivity index is 2.11. The van der Waals surface area contributed by atoms with Crippen LogP contribution in [0.25, 0.3) is 11.1 Å². The lowest BCUT2D eigenvalue weighted by molar-refractivity contribution is 0.112. The van der Waals surface area contributed by atoms with E-state index < -0.39 is 0 Å². The summed E-state index contributed by atoms with van der Waals surface area (Å²) in [6.07, 6.45) is 0.687. The van der Waals surface area contributed by atoms with Crippen molar-refractivity contribution < 1.29 is 9.90 Å². The molecule has 0 amide bonds. The number of rotatable bonds is 5. The predicted octanol–water partition coefficient (Wildman–Crippen LogP) is 6.21. The molecule has 0 fully saturated rings. The number of hydrogen-bond donors (Lipinski definition) is 1. The zero-order chi connectivity index (χ0) is 20.1. The summed E-state index contributed by atoms with van der Waals surface area (Å²) in [6.45, 7) is 0. The van der Waals surface area contributed by atoms with E-state index in [1.54, 1.807) is 12.1 Å². The lowest BCUT2D eigenvalue weighted by Gasteiger charge is -2.18. The summed E-state index contributed by atoms with van der Waals surface area (Å²) in [5.74, 6) is -0.0165. The van der Waals surface area contributed by atoms with Crippen LogP contribution in [-0.2, 0) is 0 Å². The topological polar surface area (TPSA) is 37.3 Å². The summed E-state index contributed by atoms with van der Waals surface area (Å²) < 4.78 is 0. The van der Waals surface area contributed by atoms with Gasteiger partial charge in [-0.25, -0.2) is 0 Å². The van der Waals surface area contributed by atoms with E-state index in [0.717, 1.165) is 33.4 Å². The number of benzene rings is 4. The SMILES string of the molecule is O=Cc1cc(C(=C(c2ccccc2)c2ccccc2)c2ccccc2)ccc1O. The third-order valence-corrected chi connectivity index (χ3v) is 4.88. The number of aromatic hydroxyl groups is 1. The molecule has 0 bridgehead atoms. The highest BCUT2D eigenvalue weighted by Gasteiger charge is 2.17.